The second-order valence-corrected chi connectivity index (χ2v) is 6.03. The number of benzene rings is 2. The third kappa shape index (κ3) is 3.09. The Hall–Kier alpha value is -3.77. The minimum absolute atomic E-state index is 0.212. The summed E-state index contributed by atoms with van der Waals surface area (Å²) in [5.41, 5.74) is 4.16. The van der Waals surface area contributed by atoms with Crippen molar-refractivity contribution >= 4 is 16.7 Å². The van der Waals surface area contributed by atoms with E-state index in [1.54, 1.807) is 36.2 Å². The SMILES string of the molecule is O=C(NO)c1ccc2ccn(-c3cccc(-c4cccnc4)c3)c(=O)c2c1. The summed E-state index contributed by atoms with van der Waals surface area (Å²) < 4.78 is 1.53. The van der Waals surface area contributed by atoms with Crippen molar-refractivity contribution < 1.29 is 10.0 Å². The van der Waals surface area contributed by atoms with Gasteiger partial charge in [0.2, 0.25) is 0 Å². The number of rotatable bonds is 3. The first kappa shape index (κ1) is 16.7. The summed E-state index contributed by atoms with van der Waals surface area (Å²) in [5.74, 6) is -0.662. The van der Waals surface area contributed by atoms with Crippen LogP contribution in [-0.2, 0) is 0 Å². The Balaban J connectivity index is 1.86. The molecule has 0 spiro atoms. The van der Waals surface area contributed by atoms with Crippen LogP contribution in [0.5, 0.6) is 0 Å². The van der Waals surface area contributed by atoms with E-state index < -0.39 is 5.91 Å². The van der Waals surface area contributed by atoms with E-state index in [9.17, 15) is 9.59 Å². The predicted molar refractivity (Wildman–Crippen MR) is 102 cm³/mol. The average molecular weight is 357 g/mol. The molecule has 4 aromatic rings. The molecule has 0 fully saturated rings. The van der Waals surface area contributed by atoms with E-state index in [0.29, 0.717) is 16.5 Å². The Morgan fingerprint density at radius 1 is 1.00 bits per heavy atom. The first-order valence-electron chi connectivity index (χ1n) is 8.28. The molecule has 27 heavy (non-hydrogen) atoms. The van der Waals surface area contributed by atoms with Crippen LogP contribution in [0, 0.1) is 0 Å². The van der Waals surface area contributed by atoms with Crippen LogP contribution in [0.25, 0.3) is 27.6 Å². The largest absolute Gasteiger partial charge is 0.288 e. The number of amides is 1. The molecule has 0 radical (unpaired) electrons. The zero-order valence-electron chi connectivity index (χ0n) is 14.2. The molecule has 0 bridgehead atoms. The molecular formula is C21H15N3O3. The number of hydroxylamine groups is 1. The minimum Gasteiger partial charge on any atom is -0.288 e. The molecule has 2 heterocycles. The van der Waals surface area contributed by atoms with Crippen LogP contribution in [0.2, 0.25) is 0 Å². The van der Waals surface area contributed by atoms with Gasteiger partial charge in [0.15, 0.2) is 0 Å². The summed E-state index contributed by atoms with van der Waals surface area (Å²) in [7, 11) is 0. The maximum Gasteiger partial charge on any atom is 0.274 e. The average Bonchev–Trinajstić information content (AvgIpc) is 2.74. The van der Waals surface area contributed by atoms with Gasteiger partial charge in [-0.15, -0.1) is 0 Å². The Morgan fingerprint density at radius 2 is 1.85 bits per heavy atom. The number of fused-ring (bicyclic) bond motifs is 1. The summed E-state index contributed by atoms with van der Waals surface area (Å²) in [6, 6.07) is 17.9. The molecule has 2 aromatic carbocycles. The van der Waals surface area contributed by atoms with Gasteiger partial charge in [-0.3, -0.25) is 24.3 Å². The molecule has 6 nitrogen and oxygen atoms in total. The fourth-order valence-electron chi connectivity index (χ4n) is 3.02. The van der Waals surface area contributed by atoms with Gasteiger partial charge in [-0.05, 0) is 47.3 Å². The molecule has 0 unspecified atom stereocenters. The molecule has 0 atom stereocenters. The first-order valence-corrected chi connectivity index (χ1v) is 8.28. The maximum absolute atomic E-state index is 13.0. The molecule has 132 valence electrons. The number of carbonyl (C=O) groups excluding carboxylic acids is 1. The summed E-state index contributed by atoms with van der Waals surface area (Å²) >= 11 is 0. The van der Waals surface area contributed by atoms with Crippen molar-refractivity contribution in [3.05, 3.63) is 95.2 Å². The summed E-state index contributed by atoms with van der Waals surface area (Å²) in [4.78, 5) is 28.8. The zero-order valence-corrected chi connectivity index (χ0v) is 14.2. The molecule has 0 saturated heterocycles. The fraction of sp³-hybridized carbons (Fsp3) is 0. The molecule has 0 aliphatic rings. The fourth-order valence-corrected chi connectivity index (χ4v) is 3.02. The van der Waals surface area contributed by atoms with Gasteiger partial charge in [-0.25, -0.2) is 5.48 Å². The smallest absolute Gasteiger partial charge is 0.274 e. The minimum atomic E-state index is -0.662. The number of hydrogen-bond acceptors (Lipinski definition) is 4. The molecule has 0 saturated carbocycles. The van der Waals surface area contributed by atoms with Gasteiger partial charge in [0.25, 0.3) is 11.5 Å². The predicted octanol–water partition coefficient (Wildman–Crippen LogP) is 3.17. The Labute approximate surface area is 154 Å². The van der Waals surface area contributed by atoms with Gasteiger partial charge in [0.1, 0.15) is 0 Å². The summed E-state index contributed by atoms with van der Waals surface area (Å²) in [6.45, 7) is 0. The molecule has 0 aliphatic carbocycles. The number of aromatic nitrogens is 2. The lowest BCUT2D eigenvalue weighted by atomic mass is 10.1. The van der Waals surface area contributed by atoms with Crippen LogP contribution in [0.1, 0.15) is 10.4 Å². The van der Waals surface area contributed by atoms with Gasteiger partial charge in [0.05, 0.1) is 0 Å². The topological polar surface area (TPSA) is 84.2 Å². The van der Waals surface area contributed by atoms with Crippen LogP contribution in [0.3, 0.4) is 0 Å². The van der Waals surface area contributed by atoms with E-state index in [2.05, 4.69) is 4.98 Å². The van der Waals surface area contributed by atoms with E-state index in [4.69, 9.17) is 5.21 Å². The van der Waals surface area contributed by atoms with Crippen molar-refractivity contribution in [2.24, 2.45) is 0 Å². The number of pyridine rings is 2. The molecule has 1 amide bonds. The molecule has 2 N–H and O–H groups in total. The van der Waals surface area contributed by atoms with Crippen molar-refractivity contribution in [2.75, 3.05) is 0 Å². The van der Waals surface area contributed by atoms with Crippen LogP contribution in [0.4, 0.5) is 0 Å². The number of nitrogens with one attached hydrogen (secondary N) is 1. The number of nitrogens with zero attached hydrogens (tertiary/aromatic N) is 2. The standard InChI is InChI=1S/C21H15N3O3/c25-20(23-27)16-7-6-14-8-10-24(21(26)19(14)12-16)18-5-1-3-15(11-18)17-4-2-9-22-13-17/h1-13,27H,(H,23,25). The van der Waals surface area contributed by atoms with Gasteiger partial charge in [-0.1, -0.05) is 24.3 Å². The molecular weight excluding hydrogens is 342 g/mol. The lowest BCUT2D eigenvalue weighted by molar-refractivity contribution is 0.0706. The second-order valence-electron chi connectivity index (χ2n) is 6.03. The molecule has 4 rings (SSSR count). The van der Waals surface area contributed by atoms with Gasteiger partial charge >= 0.3 is 0 Å². The van der Waals surface area contributed by atoms with E-state index in [1.165, 1.54) is 10.6 Å². The highest BCUT2D eigenvalue weighted by molar-refractivity contribution is 5.97. The van der Waals surface area contributed by atoms with Crippen molar-refractivity contribution in [2.45, 2.75) is 0 Å². The molecule has 0 aliphatic heterocycles. The van der Waals surface area contributed by atoms with E-state index >= 15 is 0 Å². The third-order valence-electron chi connectivity index (χ3n) is 4.39. The molecule has 2 aromatic heterocycles. The monoisotopic (exact) mass is 357 g/mol. The Kier molecular flexibility index (Phi) is 4.24. The van der Waals surface area contributed by atoms with E-state index in [-0.39, 0.29) is 11.1 Å². The van der Waals surface area contributed by atoms with Crippen molar-refractivity contribution in [1.82, 2.24) is 15.0 Å². The highest BCUT2D eigenvalue weighted by Crippen LogP contribution is 2.21. The number of carbonyl (C=O) groups is 1. The summed E-state index contributed by atoms with van der Waals surface area (Å²) in [6.07, 6.45) is 5.18. The second kappa shape index (κ2) is 6.86. The van der Waals surface area contributed by atoms with Crippen molar-refractivity contribution in [1.29, 1.82) is 0 Å². The maximum atomic E-state index is 13.0. The van der Waals surface area contributed by atoms with E-state index in [1.807, 2.05) is 42.5 Å². The van der Waals surface area contributed by atoms with Gasteiger partial charge < -0.3 is 0 Å². The first-order chi connectivity index (χ1) is 13.2. The Bertz CT molecular complexity index is 1200. The normalized spacial score (nSPS) is 10.7. The van der Waals surface area contributed by atoms with Crippen LogP contribution < -0.4 is 11.0 Å². The van der Waals surface area contributed by atoms with Crippen LogP contribution in [-0.4, -0.2) is 20.7 Å². The quantitative estimate of drug-likeness (QED) is 0.436. The lowest BCUT2D eigenvalue weighted by Crippen LogP contribution is -2.20. The van der Waals surface area contributed by atoms with Gasteiger partial charge in [-0.2, -0.15) is 0 Å². The van der Waals surface area contributed by atoms with Crippen LogP contribution in [0.15, 0.2) is 84.0 Å². The Morgan fingerprint density at radius 3 is 2.63 bits per heavy atom. The number of hydrogen-bond donors (Lipinski definition) is 2. The molecule has 6 heteroatoms. The lowest BCUT2D eigenvalue weighted by Gasteiger charge is -2.10. The van der Waals surface area contributed by atoms with Gasteiger partial charge in [0, 0.05) is 40.8 Å². The van der Waals surface area contributed by atoms with Crippen molar-refractivity contribution in [3.63, 3.8) is 0 Å². The van der Waals surface area contributed by atoms with Crippen LogP contribution >= 0.6 is 0 Å². The van der Waals surface area contributed by atoms with Crippen molar-refractivity contribution in [3.8, 4) is 16.8 Å². The third-order valence-corrected chi connectivity index (χ3v) is 4.39. The highest BCUT2D eigenvalue weighted by atomic mass is 16.5. The highest BCUT2D eigenvalue weighted by Gasteiger charge is 2.10. The summed E-state index contributed by atoms with van der Waals surface area (Å²) in [5, 5.41) is 9.92. The zero-order chi connectivity index (χ0) is 18.8. The van der Waals surface area contributed by atoms with E-state index in [0.717, 1.165) is 11.1 Å².